The van der Waals surface area contributed by atoms with Crippen LogP contribution in [0, 0.1) is 0 Å². The van der Waals surface area contributed by atoms with Crippen molar-refractivity contribution in [2.24, 2.45) is 0 Å². The van der Waals surface area contributed by atoms with Crippen molar-refractivity contribution in [2.75, 3.05) is 7.11 Å². The van der Waals surface area contributed by atoms with Gasteiger partial charge in [0.25, 0.3) is 0 Å². The van der Waals surface area contributed by atoms with Crippen LogP contribution in [0.1, 0.15) is 5.56 Å². The Morgan fingerprint density at radius 1 is 1.42 bits per heavy atom. The first kappa shape index (κ1) is 10.2. The van der Waals surface area contributed by atoms with Gasteiger partial charge in [0.1, 0.15) is 5.75 Å². The van der Waals surface area contributed by atoms with Crippen LogP contribution in [0.5, 0.6) is 5.75 Å². The predicted molar refractivity (Wildman–Crippen MR) is 55.6 cm³/mol. The first-order chi connectivity index (χ1) is 5.70. The molecule has 0 amide bonds. The van der Waals surface area contributed by atoms with Crippen molar-refractivity contribution in [3.8, 4) is 5.75 Å². The van der Waals surface area contributed by atoms with E-state index in [1.807, 2.05) is 0 Å². The van der Waals surface area contributed by atoms with E-state index < -0.39 is 0 Å². The molecule has 1 aromatic rings. The third-order valence-electron chi connectivity index (χ3n) is 1.51. The van der Waals surface area contributed by atoms with Crippen molar-refractivity contribution in [1.82, 2.24) is 0 Å². The first-order valence-electron chi connectivity index (χ1n) is 3.27. The molecule has 4 heteroatoms. The Kier molecular flexibility index (Phi) is 3.69. The van der Waals surface area contributed by atoms with Crippen LogP contribution in [-0.4, -0.2) is 7.11 Å². The van der Waals surface area contributed by atoms with Gasteiger partial charge in [0.05, 0.1) is 17.2 Å². The summed E-state index contributed by atoms with van der Waals surface area (Å²) in [6.07, 6.45) is 0. The Labute approximate surface area is 89.7 Å². The fraction of sp³-hybridized carbons (Fsp3) is 0.250. The van der Waals surface area contributed by atoms with Crippen LogP contribution in [0.2, 0.25) is 10.0 Å². The minimum atomic E-state index is 0.548. The van der Waals surface area contributed by atoms with Crippen LogP contribution < -0.4 is 4.74 Å². The van der Waals surface area contributed by atoms with Crippen molar-refractivity contribution in [3.63, 3.8) is 0 Å². The number of alkyl halides is 1. The minimum absolute atomic E-state index is 0.548. The number of ether oxygens (including phenoxy) is 1. The Hall–Kier alpha value is 0.0800. The van der Waals surface area contributed by atoms with Gasteiger partial charge in [-0.05, 0) is 12.1 Å². The molecule has 0 aliphatic carbocycles. The maximum Gasteiger partial charge on any atom is 0.124 e. The van der Waals surface area contributed by atoms with Gasteiger partial charge in [0, 0.05) is 10.9 Å². The second-order valence-electron chi connectivity index (χ2n) is 2.18. The van der Waals surface area contributed by atoms with E-state index in [0.29, 0.717) is 15.4 Å². The quantitative estimate of drug-likeness (QED) is 0.740. The molecule has 0 fully saturated rings. The SMILES string of the molecule is COc1ccc(Cl)c(Cl)c1CBr. The molecule has 0 aliphatic heterocycles. The molecule has 0 saturated carbocycles. The summed E-state index contributed by atoms with van der Waals surface area (Å²) in [6, 6.07) is 3.51. The molecule has 1 aromatic carbocycles. The number of hydrogen-bond donors (Lipinski definition) is 0. The second kappa shape index (κ2) is 4.35. The second-order valence-corrected chi connectivity index (χ2v) is 3.52. The third kappa shape index (κ3) is 1.87. The molecule has 1 nitrogen and oxygen atoms in total. The van der Waals surface area contributed by atoms with Crippen LogP contribution >= 0.6 is 39.1 Å². The molecule has 0 spiro atoms. The highest BCUT2D eigenvalue weighted by Crippen LogP contribution is 2.34. The lowest BCUT2D eigenvalue weighted by molar-refractivity contribution is 0.411. The van der Waals surface area contributed by atoms with Gasteiger partial charge >= 0.3 is 0 Å². The lowest BCUT2D eigenvalue weighted by atomic mass is 10.2. The van der Waals surface area contributed by atoms with Gasteiger partial charge in [-0.1, -0.05) is 39.1 Å². The van der Waals surface area contributed by atoms with E-state index >= 15 is 0 Å². The van der Waals surface area contributed by atoms with Crippen LogP contribution in [0.4, 0.5) is 0 Å². The van der Waals surface area contributed by atoms with E-state index in [9.17, 15) is 0 Å². The zero-order chi connectivity index (χ0) is 9.14. The van der Waals surface area contributed by atoms with E-state index in [2.05, 4.69) is 15.9 Å². The summed E-state index contributed by atoms with van der Waals surface area (Å²) in [5, 5.41) is 1.73. The van der Waals surface area contributed by atoms with Gasteiger partial charge in [0.2, 0.25) is 0 Å². The molecular formula is C8H7BrCl2O. The summed E-state index contributed by atoms with van der Waals surface area (Å²) in [5.41, 5.74) is 0.881. The zero-order valence-corrected chi connectivity index (χ0v) is 9.50. The van der Waals surface area contributed by atoms with Crippen LogP contribution in [-0.2, 0) is 5.33 Å². The van der Waals surface area contributed by atoms with Crippen molar-refractivity contribution in [3.05, 3.63) is 27.7 Å². The minimum Gasteiger partial charge on any atom is -0.496 e. The highest BCUT2D eigenvalue weighted by Gasteiger charge is 2.09. The highest BCUT2D eigenvalue weighted by atomic mass is 79.9. The molecule has 0 aromatic heterocycles. The van der Waals surface area contributed by atoms with E-state index in [0.717, 1.165) is 11.3 Å². The summed E-state index contributed by atoms with van der Waals surface area (Å²) in [7, 11) is 1.60. The maximum atomic E-state index is 5.94. The van der Waals surface area contributed by atoms with E-state index in [-0.39, 0.29) is 0 Å². The van der Waals surface area contributed by atoms with E-state index in [1.54, 1.807) is 19.2 Å². The standard InChI is InChI=1S/C8H7BrCl2O/c1-12-7-3-2-6(10)8(11)5(7)4-9/h2-3H,4H2,1H3. The number of halogens is 3. The molecule has 0 aliphatic rings. The molecule has 1 rings (SSSR count). The number of methoxy groups -OCH3 is 1. The molecule has 0 unspecified atom stereocenters. The predicted octanol–water partition coefficient (Wildman–Crippen LogP) is 3.90. The molecular weight excluding hydrogens is 263 g/mol. The number of benzene rings is 1. The Morgan fingerprint density at radius 2 is 2.08 bits per heavy atom. The lowest BCUT2D eigenvalue weighted by Gasteiger charge is -2.08. The van der Waals surface area contributed by atoms with Crippen molar-refractivity contribution in [1.29, 1.82) is 0 Å². The van der Waals surface area contributed by atoms with Crippen molar-refractivity contribution >= 4 is 39.1 Å². The topological polar surface area (TPSA) is 9.23 Å². The monoisotopic (exact) mass is 268 g/mol. The number of hydrogen-bond acceptors (Lipinski definition) is 1. The van der Waals surface area contributed by atoms with Gasteiger partial charge in [-0.2, -0.15) is 0 Å². The third-order valence-corrected chi connectivity index (χ3v) is 2.91. The molecule has 0 bridgehead atoms. The van der Waals surface area contributed by atoms with Crippen molar-refractivity contribution < 1.29 is 4.74 Å². The summed E-state index contributed by atoms with van der Waals surface area (Å²) in [6.45, 7) is 0. The smallest absolute Gasteiger partial charge is 0.124 e. The molecule has 0 radical (unpaired) electrons. The van der Waals surface area contributed by atoms with Crippen LogP contribution in [0.15, 0.2) is 12.1 Å². The van der Waals surface area contributed by atoms with Gasteiger partial charge in [-0.25, -0.2) is 0 Å². The summed E-state index contributed by atoms with van der Waals surface area (Å²) >= 11 is 15.1. The van der Waals surface area contributed by atoms with Gasteiger partial charge in [-0.3, -0.25) is 0 Å². The molecule has 0 saturated heterocycles. The highest BCUT2D eigenvalue weighted by molar-refractivity contribution is 9.08. The van der Waals surface area contributed by atoms with Crippen LogP contribution in [0.3, 0.4) is 0 Å². The first-order valence-corrected chi connectivity index (χ1v) is 5.15. The molecule has 0 atom stereocenters. The summed E-state index contributed by atoms with van der Waals surface area (Å²) in [4.78, 5) is 0. The lowest BCUT2D eigenvalue weighted by Crippen LogP contribution is -1.90. The maximum absolute atomic E-state index is 5.94. The normalized spacial score (nSPS) is 10.0. The molecule has 0 heterocycles. The van der Waals surface area contributed by atoms with E-state index in [1.165, 1.54) is 0 Å². The Morgan fingerprint density at radius 3 is 2.58 bits per heavy atom. The fourth-order valence-corrected chi connectivity index (χ4v) is 2.01. The summed E-state index contributed by atoms with van der Waals surface area (Å²) in [5.74, 6) is 0.751. The molecule has 0 N–H and O–H groups in total. The van der Waals surface area contributed by atoms with Gasteiger partial charge in [-0.15, -0.1) is 0 Å². The molecule has 12 heavy (non-hydrogen) atoms. The number of rotatable bonds is 2. The average molecular weight is 270 g/mol. The Balaban J connectivity index is 3.25. The fourth-order valence-electron chi connectivity index (χ4n) is 0.891. The zero-order valence-electron chi connectivity index (χ0n) is 6.40. The van der Waals surface area contributed by atoms with Crippen molar-refractivity contribution in [2.45, 2.75) is 5.33 Å². The average Bonchev–Trinajstić information content (AvgIpc) is 2.09. The van der Waals surface area contributed by atoms with Gasteiger partial charge < -0.3 is 4.74 Å². The van der Waals surface area contributed by atoms with E-state index in [4.69, 9.17) is 27.9 Å². The summed E-state index contributed by atoms with van der Waals surface area (Å²) < 4.78 is 5.10. The van der Waals surface area contributed by atoms with Crippen LogP contribution in [0.25, 0.3) is 0 Å². The Bertz CT molecular complexity index is 289. The van der Waals surface area contributed by atoms with Gasteiger partial charge in [0.15, 0.2) is 0 Å². The largest absolute Gasteiger partial charge is 0.496 e. The molecule has 66 valence electrons.